The molecule has 3 aromatic rings. The van der Waals surface area contributed by atoms with Crippen LogP contribution >= 0.6 is 0 Å². The van der Waals surface area contributed by atoms with Gasteiger partial charge in [-0.15, -0.1) is 40.6 Å². The number of aryl methyl sites for hydroxylation is 1. The predicted molar refractivity (Wildman–Crippen MR) is 83.8 cm³/mol. The van der Waals surface area contributed by atoms with E-state index in [0.29, 0.717) is 0 Å². The second-order valence-corrected chi connectivity index (χ2v) is 5.12. The zero-order valence-corrected chi connectivity index (χ0v) is 18.7. The average molecular weight is 502 g/mol. The first kappa shape index (κ1) is 25.8. The second-order valence-electron chi connectivity index (χ2n) is 4.12. The Bertz CT molecular complexity index is 482. The summed E-state index contributed by atoms with van der Waals surface area (Å²) in [6, 6.07) is 22.8. The summed E-state index contributed by atoms with van der Waals surface area (Å²) in [4.78, 5) is 0. The van der Waals surface area contributed by atoms with Gasteiger partial charge in [0.1, 0.15) is 0 Å². The fourth-order valence-electron chi connectivity index (χ4n) is 1.63. The summed E-state index contributed by atoms with van der Waals surface area (Å²) in [7, 11) is 1.08. The molecular formula is C17H20Cl2HfSi. The van der Waals surface area contributed by atoms with Crippen LogP contribution in [-0.4, -0.2) is 9.52 Å². The molecule has 0 N–H and O–H groups in total. The van der Waals surface area contributed by atoms with Crippen LogP contribution in [0.25, 0.3) is 10.8 Å². The van der Waals surface area contributed by atoms with E-state index in [0.717, 1.165) is 9.52 Å². The van der Waals surface area contributed by atoms with Crippen molar-refractivity contribution >= 4 is 20.3 Å². The standard InChI is InChI=1S/C10H9.C5H5.C2H6Si.2ClH.Hf/c1-8-6-9-4-2-3-5-10(9)7-8;1-2-4-5-3-1;1-3-2;;;/h2-7H,1H3;1-5H;1-2H3;2*1H;/q2*-1;;;;+4/p-2. The summed E-state index contributed by atoms with van der Waals surface area (Å²) in [5.74, 6) is 0. The Balaban J connectivity index is -0.000000256. The van der Waals surface area contributed by atoms with Gasteiger partial charge in [-0.25, -0.2) is 12.1 Å². The van der Waals surface area contributed by atoms with E-state index < -0.39 is 0 Å². The zero-order chi connectivity index (χ0) is 13.2. The molecular weight excluding hydrogens is 482 g/mol. The Hall–Kier alpha value is -0.153. The van der Waals surface area contributed by atoms with Gasteiger partial charge in [-0.1, -0.05) is 26.1 Å². The van der Waals surface area contributed by atoms with Gasteiger partial charge in [-0.2, -0.15) is 24.3 Å². The normalized spacial score (nSPS) is 7.76. The van der Waals surface area contributed by atoms with Crippen LogP contribution in [0.1, 0.15) is 5.56 Å². The summed E-state index contributed by atoms with van der Waals surface area (Å²) in [5.41, 5.74) is 1.35. The molecule has 0 aromatic heterocycles. The van der Waals surface area contributed by atoms with Crippen LogP contribution in [0.5, 0.6) is 0 Å². The van der Waals surface area contributed by atoms with Crippen molar-refractivity contribution in [3.8, 4) is 0 Å². The third-order valence-corrected chi connectivity index (χ3v) is 2.32. The molecule has 0 atom stereocenters. The Morgan fingerprint density at radius 3 is 1.86 bits per heavy atom. The van der Waals surface area contributed by atoms with Crippen molar-refractivity contribution in [2.24, 2.45) is 0 Å². The summed E-state index contributed by atoms with van der Waals surface area (Å²) in [6.07, 6.45) is 0. The molecule has 0 saturated heterocycles. The first-order valence-electron chi connectivity index (χ1n) is 6.15. The van der Waals surface area contributed by atoms with E-state index in [1.54, 1.807) is 0 Å². The van der Waals surface area contributed by atoms with Crippen molar-refractivity contribution in [2.45, 2.75) is 20.0 Å². The van der Waals surface area contributed by atoms with Crippen molar-refractivity contribution in [3.05, 3.63) is 72.3 Å². The van der Waals surface area contributed by atoms with Crippen LogP contribution in [0, 0.1) is 6.92 Å². The SMILES string of the molecule is C[Si]C.Cc1cc2ccccc2[cH-]1.[Cl-].[Cl-].[Hf+4].c1cc[cH-]c1. The fraction of sp³-hybridized carbons (Fsp3) is 0.176. The molecule has 0 aliphatic heterocycles. The van der Waals surface area contributed by atoms with Crippen LogP contribution in [0.3, 0.4) is 0 Å². The van der Waals surface area contributed by atoms with E-state index in [9.17, 15) is 0 Å². The van der Waals surface area contributed by atoms with Gasteiger partial charge in [-0.3, -0.25) is 0 Å². The van der Waals surface area contributed by atoms with E-state index >= 15 is 0 Å². The molecule has 21 heavy (non-hydrogen) atoms. The van der Waals surface area contributed by atoms with Gasteiger partial charge >= 0.3 is 25.8 Å². The van der Waals surface area contributed by atoms with Gasteiger partial charge in [0.05, 0.1) is 0 Å². The Morgan fingerprint density at radius 2 is 1.43 bits per heavy atom. The van der Waals surface area contributed by atoms with E-state index in [1.165, 1.54) is 16.3 Å². The molecule has 3 rings (SSSR count). The third kappa shape index (κ3) is 11.1. The molecule has 0 amide bonds. The topological polar surface area (TPSA) is 0 Å². The minimum Gasteiger partial charge on any atom is -1.00 e. The smallest absolute Gasteiger partial charge is 1.00 e. The van der Waals surface area contributed by atoms with E-state index in [1.807, 2.05) is 30.3 Å². The Morgan fingerprint density at radius 1 is 0.905 bits per heavy atom. The maximum Gasteiger partial charge on any atom is 4.00 e. The van der Waals surface area contributed by atoms with Gasteiger partial charge in [0.15, 0.2) is 0 Å². The Labute approximate surface area is 162 Å². The maximum atomic E-state index is 2.20. The first-order valence-corrected chi connectivity index (χ1v) is 8.15. The van der Waals surface area contributed by atoms with Crippen LogP contribution in [0.2, 0.25) is 13.1 Å². The molecule has 0 bridgehead atoms. The third-order valence-electron chi connectivity index (χ3n) is 2.32. The zero-order valence-electron chi connectivity index (χ0n) is 12.6. The number of rotatable bonds is 0. The van der Waals surface area contributed by atoms with Crippen molar-refractivity contribution in [2.75, 3.05) is 0 Å². The molecule has 0 heterocycles. The quantitative estimate of drug-likeness (QED) is 0.276. The van der Waals surface area contributed by atoms with Crippen molar-refractivity contribution in [1.29, 1.82) is 0 Å². The average Bonchev–Trinajstić information content (AvgIpc) is 3.00. The number of hydrogen-bond acceptors (Lipinski definition) is 0. The molecule has 110 valence electrons. The predicted octanol–water partition coefficient (Wildman–Crippen LogP) is -0.935. The van der Waals surface area contributed by atoms with Gasteiger partial charge < -0.3 is 24.8 Å². The molecule has 3 aromatic carbocycles. The number of halogens is 2. The van der Waals surface area contributed by atoms with Crippen LogP contribution in [0.4, 0.5) is 0 Å². The molecule has 0 spiro atoms. The molecule has 0 fully saturated rings. The largest absolute Gasteiger partial charge is 4.00 e. The molecule has 0 unspecified atom stereocenters. The molecule has 0 nitrogen and oxygen atoms in total. The molecule has 2 radical (unpaired) electrons. The van der Waals surface area contributed by atoms with Gasteiger partial charge in [0.25, 0.3) is 0 Å². The second kappa shape index (κ2) is 16.2. The maximum absolute atomic E-state index is 2.20. The summed E-state index contributed by atoms with van der Waals surface area (Å²) in [6.45, 7) is 6.43. The van der Waals surface area contributed by atoms with Crippen molar-refractivity contribution in [1.82, 2.24) is 0 Å². The number of fused-ring (bicyclic) bond motifs is 1. The molecule has 0 aliphatic rings. The Kier molecular flexibility index (Phi) is 19.9. The van der Waals surface area contributed by atoms with Gasteiger partial charge in [-0.05, 0) is 0 Å². The van der Waals surface area contributed by atoms with E-state index in [-0.39, 0.29) is 50.7 Å². The van der Waals surface area contributed by atoms with Crippen LogP contribution in [-0.2, 0) is 25.8 Å². The van der Waals surface area contributed by atoms with Gasteiger partial charge in [0, 0.05) is 9.52 Å². The van der Waals surface area contributed by atoms with Crippen LogP contribution in [0.15, 0.2) is 66.7 Å². The van der Waals surface area contributed by atoms with Crippen LogP contribution < -0.4 is 24.8 Å². The number of benzene rings is 1. The minimum absolute atomic E-state index is 0. The fourth-order valence-corrected chi connectivity index (χ4v) is 1.63. The summed E-state index contributed by atoms with van der Waals surface area (Å²) in [5, 5.41) is 2.69. The molecule has 0 aliphatic carbocycles. The van der Waals surface area contributed by atoms with Crippen molar-refractivity contribution in [3.63, 3.8) is 0 Å². The molecule has 4 heteroatoms. The van der Waals surface area contributed by atoms with E-state index in [2.05, 4.69) is 56.4 Å². The number of hydrogen-bond donors (Lipinski definition) is 0. The molecule has 0 saturated carbocycles. The van der Waals surface area contributed by atoms with Crippen molar-refractivity contribution < 1.29 is 50.7 Å². The minimum atomic E-state index is 0. The van der Waals surface area contributed by atoms with Gasteiger partial charge in [0.2, 0.25) is 0 Å². The monoisotopic (exact) mass is 502 g/mol. The first-order chi connectivity index (χ1) is 8.77. The summed E-state index contributed by atoms with van der Waals surface area (Å²) >= 11 is 0. The summed E-state index contributed by atoms with van der Waals surface area (Å²) < 4.78 is 0. The van der Waals surface area contributed by atoms with E-state index in [4.69, 9.17) is 0 Å².